The summed E-state index contributed by atoms with van der Waals surface area (Å²) < 4.78 is 31.3. The van der Waals surface area contributed by atoms with Crippen LogP contribution in [0.1, 0.15) is 23.1 Å². The first-order chi connectivity index (χ1) is 13.8. The monoisotopic (exact) mass is 415 g/mol. The molecular formula is C20H21N3O5S. The van der Waals surface area contributed by atoms with Crippen molar-refractivity contribution in [3.8, 4) is 0 Å². The molecular weight excluding hydrogens is 394 g/mol. The van der Waals surface area contributed by atoms with Gasteiger partial charge < -0.3 is 10.1 Å². The van der Waals surface area contributed by atoms with Crippen LogP contribution in [0.4, 0.5) is 5.69 Å². The Kier molecular flexibility index (Phi) is 5.97. The number of benzene rings is 2. The first-order valence-electron chi connectivity index (χ1n) is 8.95. The van der Waals surface area contributed by atoms with Crippen LogP contribution in [0.15, 0.2) is 52.4 Å². The number of aryl methyl sites for hydroxylation is 2. The zero-order valence-electron chi connectivity index (χ0n) is 16.1. The lowest BCUT2D eigenvalue weighted by Crippen LogP contribution is -2.23. The number of nitrogens with one attached hydrogen (secondary N) is 2. The van der Waals surface area contributed by atoms with Gasteiger partial charge in [0, 0.05) is 11.3 Å². The zero-order valence-corrected chi connectivity index (χ0v) is 16.9. The lowest BCUT2D eigenvalue weighted by molar-refractivity contribution is -0.147. The van der Waals surface area contributed by atoms with E-state index in [0.29, 0.717) is 11.3 Å². The highest BCUT2D eigenvalue weighted by Gasteiger charge is 2.29. The predicted octanol–water partition coefficient (Wildman–Crippen LogP) is 1.91. The van der Waals surface area contributed by atoms with E-state index in [0.717, 1.165) is 11.1 Å². The second-order valence-corrected chi connectivity index (χ2v) is 8.26. The molecule has 0 spiro atoms. The van der Waals surface area contributed by atoms with Crippen LogP contribution >= 0.6 is 0 Å². The van der Waals surface area contributed by atoms with E-state index < -0.39 is 28.5 Å². The second-order valence-electron chi connectivity index (χ2n) is 6.61. The van der Waals surface area contributed by atoms with Gasteiger partial charge in [0.15, 0.2) is 6.61 Å². The molecule has 0 atom stereocenters. The maximum atomic E-state index is 12.0. The Balaban J connectivity index is 1.49. The van der Waals surface area contributed by atoms with Crippen LogP contribution in [0.2, 0.25) is 0 Å². The minimum absolute atomic E-state index is 0.0314. The predicted molar refractivity (Wildman–Crippen MR) is 108 cm³/mol. The maximum absolute atomic E-state index is 12.0. The van der Waals surface area contributed by atoms with Crippen molar-refractivity contribution in [2.45, 2.75) is 25.2 Å². The third-order valence-electron chi connectivity index (χ3n) is 4.28. The Morgan fingerprint density at radius 3 is 2.69 bits per heavy atom. The summed E-state index contributed by atoms with van der Waals surface area (Å²) in [6, 6.07) is 12.1. The molecule has 0 fully saturated rings. The van der Waals surface area contributed by atoms with Crippen molar-refractivity contribution >= 4 is 33.4 Å². The Labute approximate surface area is 169 Å². The molecule has 0 aromatic heterocycles. The lowest BCUT2D eigenvalue weighted by atomic mass is 10.1. The Hall–Kier alpha value is -3.20. The van der Waals surface area contributed by atoms with Crippen LogP contribution in [-0.4, -0.2) is 39.3 Å². The number of esters is 1. The minimum Gasteiger partial charge on any atom is -0.456 e. The van der Waals surface area contributed by atoms with Crippen molar-refractivity contribution in [2.24, 2.45) is 4.99 Å². The first-order valence-corrected chi connectivity index (χ1v) is 10.4. The number of aliphatic imine (C=N–C) groups is 1. The first kappa shape index (κ1) is 20.5. The van der Waals surface area contributed by atoms with Crippen molar-refractivity contribution in [1.82, 2.24) is 4.72 Å². The number of hydrogen-bond donors (Lipinski definition) is 2. The number of amides is 1. The van der Waals surface area contributed by atoms with Gasteiger partial charge in [0.1, 0.15) is 5.84 Å². The molecule has 0 saturated heterocycles. The quantitative estimate of drug-likeness (QED) is 0.700. The molecule has 2 aromatic rings. The van der Waals surface area contributed by atoms with E-state index in [2.05, 4.69) is 15.0 Å². The number of nitrogens with zero attached hydrogens (tertiary/aromatic N) is 1. The molecule has 3 rings (SSSR count). The molecule has 1 aliphatic rings. The van der Waals surface area contributed by atoms with Crippen molar-refractivity contribution in [3.63, 3.8) is 0 Å². The van der Waals surface area contributed by atoms with Crippen molar-refractivity contribution < 1.29 is 22.7 Å². The topological polar surface area (TPSA) is 114 Å². The summed E-state index contributed by atoms with van der Waals surface area (Å²) in [4.78, 5) is 28.1. The lowest BCUT2D eigenvalue weighted by Gasteiger charge is -2.09. The number of carbonyl (C=O) groups is 2. The number of fused-ring (bicyclic) bond motifs is 1. The van der Waals surface area contributed by atoms with Crippen LogP contribution in [0.25, 0.3) is 0 Å². The van der Waals surface area contributed by atoms with E-state index in [1.807, 2.05) is 32.0 Å². The summed E-state index contributed by atoms with van der Waals surface area (Å²) in [7, 11) is -3.61. The number of rotatable bonds is 6. The van der Waals surface area contributed by atoms with E-state index >= 15 is 0 Å². The van der Waals surface area contributed by atoms with Crippen molar-refractivity contribution in [1.29, 1.82) is 0 Å². The number of amidine groups is 1. The molecule has 152 valence electrons. The fourth-order valence-corrected chi connectivity index (χ4v) is 4.04. The number of sulfonamides is 1. The minimum atomic E-state index is -3.61. The number of hydrogen-bond acceptors (Lipinski definition) is 6. The summed E-state index contributed by atoms with van der Waals surface area (Å²) in [5.74, 6) is -0.837. The van der Waals surface area contributed by atoms with E-state index in [9.17, 15) is 18.0 Å². The smallest absolute Gasteiger partial charge is 0.308 e. The summed E-state index contributed by atoms with van der Waals surface area (Å²) in [5.41, 5.74) is 3.05. The maximum Gasteiger partial charge on any atom is 0.308 e. The van der Waals surface area contributed by atoms with Gasteiger partial charge >= 0.3 is 5.97 Å². The van der Waals surface area contributed by atoms with Gasteiger partial charge in [0.05, 0.1) is 17.9 Å². The highest BCUT2D eigenvalue weighted by Crippen LogP contribution is 2.22. The third-order valence-corrected chi connectivity index (χ3v) is 5.68. The van der Waals surface area contributed by atoms with Gasteiger partial charge in [0.2, 0.25) is 0 Å². The highest BCUT2D eigenvalue weighted by molar-refractivity contribution is 7.90. The molecule has 29 heavy (non-hydrogen) atoms. The van der Waals surface area contributed by atoms with Gasteiger partial charge in [0.25, 0.3) is 15.9 Å². The van der Waals surface area contributed by atoms with Gasteiger partial charge in [-0.1, -0.05) is 24.3 Å². The molecule has 1 heterocycles. The van der Waals surface area contributed by atoms with Crippen LogP contribution < -0.4 is 10.0 Å². The summed E-state index contributed by atoms with van der Waals surface area (Å²) in [6.07, 6.45) is -0.0792. The average Bonchev–Trinajstić information content (AvgIpc) is 2.94. The molecule has 0 bridgehead atoms. The SMILES string of the molecule is Cc1ccc(C)c(NC(=O)COC(=O)CCN=C2NS(=O)(=O)c3ccccc32)c1. The molecule has 0 aliphatic carbocycles. The number of anilines is 1. The number of ether oxygens (including phenoxy) is 1. The molecule has 1 aliphatic heterocycles. The molecule has 2 aromatic carbocycles. The van der Waals surface area contributed by atoms with E-state index in [1.54, 1.807) is 18.2 Å². The van der Waals surface area contributed by atoms with Crippen molar-refractivity contribution in [3.05, 3.63) is 59.2 Å². The third kappa shape index (κ3) is 5.00. The van der Waals surface area contributed by atoms with E-state index in [-0.39, 0.29) is 23.7 Å². The van der Waals surface area contributed by atoms with Crippen LogP contribution in [0.5, 0.6) is 0 Å². The Morgan fingerprint density at radius 2 is 1.90 bits per heavy atom. The van der Waals surface area contributed by atoms with Gasteiger partial charge in [-0.05, 0) is 43.2 Å². The molecule has 2 N–H and O–H groups in total. The Bertz CT molecular complexity index is 1090. The summed E-state index contributed by atoms with van der Waals surface area (Å²) in [6.45, 7) is 3.41. The van der Waals surface area contributed by atoms with Crippen LogP contribution in [0.3, 0.4) is 0 Å². The molecule has 0 unspecified atom stereocenters. The van der Waals surface area contributed by atoms with Gasteiger partial charge in [-0.2, -0.15) is 0 Å². The molecule has 0 saturated carbocycles. The molecule has 1 amide bonds. The molecule has 8 nitrogen and oxygen atoms in total. The highest BCUT2D eigenvalue weighted by atomic mass is 32.2. The second kappa shape index (κ2) is 8.44. The van der Waals surface area contributed by atoms with Crippen LogP contribution in [0, 0.1) is 13.8 Å². The van der Waals surface area contributed by atoms with Gasteiger partial charge in [-0.3, -0.25) is 19.3 Å². The van der Waals surface area contributed by atoms with Gasteiger partial charge in [-0.15, -0.1) is 0 Å². The average molecular weight is 415 g/mol. The van der Waals surface area contributed by atoms with Gasteiger partial charge in [-0.25, -0.2) is 8.42 Å². The van der Waals surface area contributed by atoms with E-state index in [4.69, 9.17) is 4.74 Å². The normalized spacial score (nSPS) is 15.4. The zero-order chi connectivity index (χ0) is 21.0. The molecule has 0 radical (unpaired) electrons. The van der Waals surface area contributed by atoms with Crippen LogP contribution in [-0.2, 0) is 24.3 Å². The fourth-order valence-electron chi connectivity index (χ4n) is 2.79. The standard InChI is InChI=1S/C20H21N3O5S/c1-13-7-8-14(2)16(11-13)22-18(24)12-28-19(25)9-10-21-20-15-5-3-4-6-17(15)29(26,27)23-20/h3-8,11H,9-10,12H2,1-2H3,(H,21,23)(H,22,24). The molecule has 9 heteroatoms. The Morgan fingerprint density at radius 1 is 1.14 bits per heavy atom. The summed E-state index contributed by atoms with van der Waals surface area (Å²) in [5, 5.41) is 2.71. The fraction of sp³-hybridized carbons (Fsp3) is 0.250. The van der Waals surface area contributed by atoms with E-state index in [1.165, 1.54) is 6.07 Å². The largest absolute Gasteiger partial charge is 0.456 e. The van der Waals surface area contributed by atoms with Crippen molar-refractivity contribution in [2.75, 3.05) is 18.5 Å². The summed E-state index contributed by atoms with van der Waals surface area (Å²) >= 11 is 0. The number of carbonyl (C=O) groups excluding carboxylic acids is 2.